The first kappa shape index (κ1) is 20.5. The van der Waals surface area contributed by atoms with Gasteiger partial charge in [-0.1, -0.05) is 13.8 Å². The highest BCUT2D eigenvalue weighted by atomic mass is 35.5. The van der Waals surface area contributed by atoms with E-state index in [9.17, 15) is 4.79 Å². The standard InChI is InChI=1S/C14H20N4O2.2ClH/c1-10(2)8-18-4-3-16-13(18)7-17-14(19)11-5-12(6-15)20-9-11;;/h3-5,9-10H,6-8,15H2,1-2H3,(H,17,19);2*1H. The van der Waals surface area contributed by atoms with E-state index < -0.39 is 0 Å². The quantitative estimate of drug-likeness (QED) is 0.838. The third kappa shape index (κ3) is 5.36. The summed E-state index contributed by atoms with van der Waals surface area (Å²) in [6.07, 6.45) is 5.08. The molecule has 0 aliphatic heterocycles. The molecule has 8 heteroatoms. The van der Waals surface area contributed by atoms with Crippen LogP contribution in [0.15, 0.2) is 29.1 Å². The van der Waals surface area contributed by atoms with Crippen LogP contribution in [0.4, 0.5) is 0 Å². The van der Waals surface area contributed by atoms with Gasteiger partial charge in [-0.25, -0.2) is 4.98 Å². The molecular formula is C14H22Cl2N4O2. The Bertz CT molecular complexity index is 581. The largest absolute Gasteiger partial charge is 0.467 e. The molecule has 2 aromatic heterocycles. The van der Waals surface area contributed by atoms with Crippen molar-refractivity contribution >= 4 is 30.7 Å². The van der Waals surface area contributed by atoms with Crippen molar-refractivity contribution in [2.45, 2.75) is 33.5 Å². The van der Waals surface area contributed by atoms with Gasteiger partial charge >= 0.3 is 0 Å². The van der Waals surface area contributed by atoms with E-state index in [1.807, 2.05) is 10.8 Å². The van der Waals surface area contributed by atoms with Crippen LogP contribution in [0.25, 0.3) is 0 Å². The zero-order valence-electron chi connectivity index (χ0n) is 12.6. The molecule has 0 atom stereocenters. The molecule has 1 amide bonds. The summed E-state index contributed by atoms with van der Waals surface area (Å²) < 4.78 is 7.19. The van der Waals surface area contributed by atoms with Crippen LogP contribution >= 0.6 is 24.8 Å². The predicted molar refractivity (Wildman–Crippen MR) is 89.3 cm³/mol. The number of hydrogen-bond donors (Lipinski definition) is 2. The molecule has 6 nitrogen and oxygen atoms in total. The molecule has 0 bridgehead atoms. The Labute approximate surface area is 142 Å². The highest BCUT2D eigenvalue weighted by molar-refractivity contribution is 5.93. The van der Waals surface area contributed by atoms with Gasteiger partial charge in [-0.15, -0.1) is 24.8 Å². The lowest BCUT2D eigenvalue weighted by Gasteiger charge is -2.10. The van der Waals surface area contributed by atoms with Crippen LogP contribution in [0.5, 0.6) is 0 Å². The lowest BCUT2D eigenvalue weighted by molar-refractivity contribution is 0.0949. The third-order valence-corrected chi connectivity index (χ3v) is 2.89. The number of carbonyl (C=O) groups excluding carboxylic acids is 1. The van der Waals surface area contributed by atoms with E-state index in [-0.39, 0.29) is 37.3 Å². The second-order valence-electron chi connectivity index (χ2n) is 5.08. The molecule has 22 heavy (non-hydrogen) atoms. The Kier molecular flexibility index (Phi) is 8.86. The lowest BCUT2D eigenvalue weighted by atomic mass is 10.2. The minimum Gasteiger partial charge on any atom is -0.467 e. The molecule has 3 N–H and O–H groups in total. The molecule has 124 valence electrons. The lowest BCUT2D eigenvalue weighted by Crippen LogP contribution is -2.24. The normalized spacial score (nSPS) is 10.0. The monoisotopic (exact) mass is 348 g/mol. The fraction of sp³-hybridized carbons (Fsp3) is 0.429. The van der Waals surface area contributed by atoms with Crippen molar-refractivity contribution in [1.82, 2.24) is 14.9 Å². The highest BCUT2D eigenvalue weighted by Gasteiger charge is 2.11. The van der Waals surface area contributed by atoms with Gasteiger partial charge < -0.3 is 20.0 Å². The first-order valence-corrected chi connectivity index (χ1v) is 6.66. The fourth-order valence-corrected chi connectivity index (χ4v) is 1.94. The number of halogens is 2. The molecule has 0 radical (unpaired) electrons. The van der Waals surface area contributed by atoms with Gasteiger partial charge in [0.1, 0.15) is 17.8 Å². The Hall–Kier alpha value is -1.50. The maximum Gasteiger partial charge on any atom is 0.254 e. The van der Waals surface area contributed by atoms with E-state index in [1.54, 1.807) is 12.3 Å². The van der Waals surface area contributed by atoms with Gasteiger partial charge in [0.25, 0.3) is 5.91 Å². The molecule has 0 spiro atoms. The fourth-order valence-electron chi connectivity index (χ4n) is 1.94. The highest BCUT2D eigenvalue weighted by Crippen LogP contribution is 2.08. The summed E-state index contributed by atoms with van der Waals surface area (Å²) in [5.41, 5.74) is 5.92. The van der Waals surface area contributed by atoms with Crippen LogP contribution in [-0.2, 0) is 19.6 Å². The second kappa shape index (κ2) is 9.50. The van der Waals surface area contributed by atoms with Gasteiger partial charge in [-0.05, 0) is 12.0 Å². The zero-order chi connectivity index (χ0) is 14.5. The summed E-state index contributed by atoms with van der Waals surface area (Å²) in [5, 5.41) is 2.83. The molecule has 0 aromatic carbocycles. The molecular weight excluding hydrogens is 327 g/mol. The Morgan fingerprint density at radius 1 is 1.45 bits per heavy atom. The summed E-state index contributed by atoms with van der Waals surface area (Å²) >= 11 is 0. The van der Waals surface area contributed by atoms with Crippen molar-refractivity contribution in [3.63, 3.8) is 0 Å². The number of carbonyl (C=O) groups is 1. The van der Waals surface area contributed by atoms with Crippen LogP contribution in [0.3, 0.4) is 0 Å². The molecule has 0 saturated carbocycles. The zero-order valence-corrected chi connectivity index (χ0v) is 14.2. The summed E-state index contributed by atoms with van der Waals surface area (Å²) in [6, 6.07) is 1.65. The second-order valence-corrected chi connectivity index (χ2v) is 5.08. The Morgan fingerprint density at radius 2 is 2.18 bits per heavy atom. The first-order chi connectivity index (χ1) is 9.60. The van der Waals surface area contributed by atoms with Crippen molar-refractivity contribution in [2.24, 2.45) is 11.7 Å². The van der Waals surface area contributed by atoms with Gasteiger partial charge in [0.2, 0.25) is 0 Å². The van der Waals surface area contributed by atoms with E-state index in [0.29, 0.717) is 23.8 Å². The minimum atomic E-state index is -0.187. The summed E-state index contributed by atoms with van der Waals surface area (Å²) in [6.45, 7) is 5.84. The summed E-state index contributed by atoms with van der Waals surface area (Å²) in [4.78, 5) is 16.2. The average molecular weight is 349 g/mol. The molecule has 2 heterocycles. The SMILES string of the molecule is CC(C)Cn1ccnc1CNC(=O)c1coc(CN)c1.Cl.Cl. The van der Waals surface area contributed by atoms with Crippen molar-refractivity contribution in [1.29, 1.82) is 0 Å². The number of furan rings is 1. The van der Waals surface area contributed by atoms with E-state index in [0.717, 1.165) is 12.4 Å². The number of nitrogens with one attached hydrogen (secondary N) is 1. The number of amides is 1. The van der Waals surface area contributed by atoms with Crippen LogP contribution < -0.4 is 11.1 Å². The molecule has 0 fully saturated rings. The van der Waals surface area contributed by atoms with Gasteiger partial charge in [-0.2, -0.15) is 0 Å². The minimum absolute atomic E-state index is 0. The number of hydrogen-bond acceptors (Lipinski definition) is 4. The number of rotatable bonds is 6. The molecule has 0 aliphatic rings. The molecule has 0 saturated heterocycles. The first-order valence-electron chi connectivity index (χ1n) is 6.66. The van der Waals surface area contributed by atoms with Crippen molar-refractivity contribution < 1.29 is 9.21 Å². The summed E-state index contributed by atoms with van der Waals surface area (Å²) in [5.74, 6) is 1.78. The van der Waals surface area contributed by atoms with Crippen LogP contribution in [-0.4, -0.2) is 15.5 Å². The molecule has 2 rings (SSSR count). The number of nitrogens with zero attached hydrogens (tertiary/aromatic N) is 2. The maximum atomic E-state index is 12.0. The summed E-state index contributed by atoms with van der Waals surface area (Å²) in [7, 11) is 0. The Balaban J connectivity index is 0.00000220. The van der Waals surface area contributed by atoms with Gasteiger partial charge in [0.05, 0.1) is 18.7 Å². The van der Waals surface area contributed by atoms with Gasteiger partial charge in [-0.3, -0.25) is 4.79 Å². The molecule has 0 aliphatic carbocycles. The number of aromatic nitrogens is 2. The van der Waals surface area contributed by atoms with Crippen LogP contribution in [0.2, 0.25) is 0 Å². The van der Waals surface area contributed by atoms with Crippen LogP contribution in [0, 0.1) is 5.92 Å². The number of nitrogens with two attached hydrogens (primary N) is 1. The predicted octanol–water partition coefficient (Wildman–Crippen LogP) is 2.36. The van der Waals surface area contributed by atoms with Crippen molar-refractivity contribution in [3.05, 3.63) is 41.9 Å². The Morgan fingerprint density at radius 3 is 2.77 bits per heavy atom. The average Bonchev–Trinajstić information content (AvgIpc) is 3.04. The van der Waals surface area contributed by atoms with E-state index >= 15 is 0 Å². The topological polar surface area (TPSA) is 86.1 Å². The smallest absolute Gasteiger partial charge is 0.254 e. The molecule has 0 unspecified atom stereocenters. The maximum absolute atomic E-state index is 12.0. The van der Waals surface area contributed by atoms with E-state index in [4.69, 9.17) is 10.2 Å². The third-order valence-electron chi connectivity index (χ3n) is 2.89. The van der Waals surface area contributed by atoms with Crippen molar-refractivity contribution in [3.8, 4) is 0 Å². The van der Waals surface area contributed by atoms with Gasteiger partial charge in [0.15, 0.2) is 0 Å². The van der Waals surface area contributed by atoms with Gasteiger partial charge in [0, 0.05) is 18.9 Å². The van der Waals surface area contributed by atoms with Crippen LogP contribution in [0.1, 0.15) is 35.8 Å². The number of imidazole rings is 1. The molecule has 2 aromatic rings. The van der Waals surface area contributed by atoms with E-state index in [2.05, 4.69) is 24.1 Å². The van der Waals surface area contributed by atoms with Crippen molar-refractivity contribution in [2.75, 3.05) is 0 Å². The van der Waals surface area contributed by atoms with E-state index in [1.165, 1.54) is 6.26 Å².